The highest BCUT2D eigenvalue weighted by atomic mass is 32.2. The van der Waals surface area contributed by atoms with Gasteiger partial charge >= 0.3 is 6.09 Å². The molecule has 0 aromatic carbocycles. The lowest BCUT2D eigenvalue weighted by Gasteiger charge is -2.37. The van der Waals surface area contributed by atoms with Crippen LogP contribution in [-0.4, -0.2) is 73.7 Å². The Balaban J connectivity index is 0.000000416. The van der Waals surface area contributed by atoms with Crippen molar-refractivity contribution in [1.29, 1.82) is 0 Å². The molecule has 2 aliphatic rings. The summed E-state index contributed by atoms with van der Waals surface area (Å²) >= 11 is 3.48. The number of hydrogen-bond acceptors (Lipinski definition) is 7. The number of nitrogens with two attached hydrogens (primary N) is 1. The van der Waals surface area contributed by atoms with Crippen molar-refractivity contribution in [2.24, 2.45) is 16.6 Å². The zero-order valence-corrected chi connectivity index (χ0v) is 26.9. The van der Waals surface area contributed by atoms with Crippen LogP contribution in [0.4, 0.5) is 4.79 Å². The molecule has 0 spiro atoms. The second-order valence-electron chi connectivity index (χ2n) is 12.2. The van der Waals surface area contributed by atoms with Crippen LogP contribution in [0.5, 0.6) is 0 Å². The SMILES string of the molecule is CSCCNC(=O)CC1(CN)CCCCC1.CSCCNC(=O)CC1(CNC(=O)OC(C)(C)C)CCCCC1. The van der Waals surface area contributed by atoms with E-state index in [-0.39, 0.29) is 22.6 Å². The second kappa shape index (κ2) is 19.1. The molecule has 228 valence electrons. The molecule has 0 aromatic rings. The Kier molecular flexibility index (Phi) is 17.6. The van der Waals surface area contributed by atoms with Gasteiger partial charge in [-0.2, -0.15) is 23.5 Å². The van der Waals surface area contributed by atoms with E-state index in [1.165, 1.54) is 25.7 Å². The molecule has 0 atom stereocenters. The van der Waals surface area contributed by atoms with E-state index >= 15 is 0 Å². The van der Waals surface area contributed by atoms with Gasteiger partial charge in [0, 0.05) is 44.0 Å². The van der Waals surface area contributed by atoms with Gasteiger partial charge in [-0.3, -0.25) is 9.59 Å². The number of amides is 3. The molecule has 0 aliphatic heterocycles. The van der Waals surface area contributed by atoms with E-state index in [4.69, 9.17) is 10.5 Å². The van der Waals surface area contributed by atoms with Gasteiger partial charge in [-0.1, -0.05) is 38.5 Å². The lowest BCUT2D eigenvalue weighted by molar-refractivity contribution is -0.124. The molecule has 3 amide bonds. The number of ether oxygens (including phenoxy) is 1. The van der Waals surface area contributed by atoms with Gasteiger partial charge in [-0.25, -0.2) is 4.79 Å². The van der Waals surface area contributed by atoms with Crippen LogP contribution in [0, 0.1) is 10.8 Å². The zero-order valence-electron chi connectivity index (χ0n) is 25.3. The highest BCUT2D eigenvalue weighted by molar-refractivity contribution is 7.98. The maximum Gasteiger partial charge on any atom is 0.407 e. The molecule has 0 heterocycles. The number of nitrogens with one attached hydrogen (secondary N) is 3. The highest BCUT2D eigenvalue weighted by Gasteiger charge is 2.35. The van der Waals surface area contributed by atoms with E-state index in [0.29, 0.717) is 32.5 Å². The van der Waals surface area contributed by atoms with E-state index in [1.54, 1.807) is 23.5 Å². The Hall–Kier alpha value is -1.13. The highest BCUT2D eigenvalue weighted by Crippen LogP contribution is 2.39. The maximum absolute atomic E-state index is 12.2. The van der Waals surface area contributed by atoms with Crippen molar-refractivity contribution in [2.75, 3.05) is 50.2 Å². The Bertz CT molecular complexity index is 719. The van der Waals surface area contributed by atoms with Gasteiger partial charge in [-0.15, -0.1) is 0 Å². The van der Waals surface area contributed by atoms with Crippen LogP contribution < -0.4 is 21.7 Å². The van der Waals surface area contributed by atoms with Crippen molar-refractivity contribution in [2.45, 2.75) is 103 Å². The van der Waals surface area contributed by atoms with Gasteiger partial charge in [0.2, 0.25) is 11.8 Å². The van der Waals surface area contributed by atoms with E-state index in [2.05, 4.69) is 22.2 Å². The van der Waals surface area contributed by atoms with Gasteiger partial charge in [0.1, 0.15) is 5.60 Å². The number of rotatable bonds is 13. The van der Waals surface area contributed by atoms with Crippen molar-refractivity contribution in [3.05, 3.63) is 0 Å². The summed E-state index contributed by atoms with van der Waals surface area (Å²) < 4.78 is 5.30. The minimum atomic E-state index is -0.501. The van der Waals surface area contributed by atoms with Crippen LogP contribution >= 0.6 is 23.5 Å². The average molecular weight is 589 g/mol. The molecule has 39 heavy (non-hydrogen) atoms. The fraction of sp³-hybridized carbons (Fsp3) is 0.897. The van der Waals surface area contributed by atoms with Crippen LogP contribution in [0.3, 0.4) is 0 Å². The largest absolute Gasteiger partial charge is 0.444 e. The molecule has 0 radical (unpaired) electrons. The van der Waals surface area contributed by atoms with Gasteiger partial charge < -0.3 is 26.4 Å². The molecule has 0 unspecified atom stereocenters. The standard InChI is InChI=1S/C17H32N2O3S.C12H24N2OS/c1-16(2,3)22-15(21)19-13-17(8-6-5-7-9-17)12-14(20)18-10-11-23-4;1-16-8-7-14-11(15)9-12(10-13)5-3-2-4-6-12/h5-13H2,1-4H3,(H,18,20)(H,19,21);2-10,13H2,1H3,(H,14,15). The van der Waals surface area contributed by atoms with Crippen molar-refractivity contribution < 1.29 is 19.1 Å². The average Bonchev–Trinajstić information content (AvgIpc) is 2.88. The molecule has 2 rings (SSSR count). The molecule has 10 heteroatoms. The Morgan fingerprint density at radius 1 is 0.744 bits per heavy atom. The number of thioether (sulfide) groups is 2. The first kappa shape index (κ1) is 35.9. The first-order chi connectivity index (χ1) is 18.5. The summed E-state index contributed by atoms with van der Waals surface area (Å²) in [5, 5.41) is 8.83. The first-order valence-electron chi connectivity index (χ1n) is 14.7. The monoisotopic (exact) mass is 588 g/mol. The van der Waals surface area contributed by atoms with Crippen LogP contribution in [0.25, 0.3) is 0 Å². The quantitative estimate of drug-likeness (QED) is 0.221. The van der Waals surface area contributed by atoms with Gasteiger partial charge in [0.05, 0.1) is 0 Å². The molecule has 0 aromatic heterocycles. The molecule has 0 saturated heterocycles. The van der Waals surface area contributed by atoms with Gasteiger partial charge in [0.15, 0.2) is 0 Å². The molecular formula is C29H56N4O4S2. The molecule has 2 fully saturated rings. The summed E-state index contributed by atoms with van der Waals surface area (Å²) in [5.74, 6) is 2.18. The van der Waals surface area contributed by atoms with Crippen molar-refractivity contribution in [1.82, 2.24) is 16.0 Å². The number of hydrogen-bond donors (Lipinski definition) is 4. The smallest absolute Gasteiger partial charge is 0.407 e. The molecule has 8 nitrogen and oxygen atoms in total. The normalized spacial score (nSPS) is 18.2. The van der Waals surface area contributed by atoms with Crippen LogP contribution in [0.2, 0.25) is 0 Å². The summed E-state index contributed by atoms with van der Waals surface area (Å²) in [5.41, 5.74) is 5.33. The Morgan fingerprint density at radius 2 is 1.18 bits per heavy atom. The second-order valence-corrected chi connectivity index (χ2v) is 14.2. The number of alkyl carbamates (subject to hydrolysis) is 1. The molecule has 0 bridgehead atoms. The summed E-state index contributed by atoms with van der Waals surface area (Å²) in [6.45, 7) is 8.20. The molecule has 5 N–H and O–H groups in total. The lowest BCUT2D eigenvalue weighted by atomic mass is 9.71. The predicted octanol–water partition coefficient (Wildman–Crippen LogP) is 5.10. The molecule has 2 saturated carbocycles. The third-order valence-electron chi connectivity index (χ3n) is 7.60. The summed E-state index contributed by atoms with van der Waals surface area (Å²) in [6.07, 6.45) is 16.2. The zero-order chi connectivity index (χ0) is 29.2. The Morgan fingerprint density at radius 3 is 1.59 bits per heavy atom. The summed E-state index contributed by atoms with van der Waals surface area (Å²) in [6, 6.07) is 0. The van der Waals surface area contributed by atoms with Gasteiger partial charge in [0.25, 0.3) is 0 Å². The van der Waals surface area contributed by atoms with E-state index in [1.807, 2.05) is 27.0 Å². The molecule has 2 aliphatic carbocycles. The van der Waals surface area contributed by atoms with Crippen LogP contribution in [-0.2, 0) is 14.3 Å². The number of carbonyl (C=O) groups excluding carboxylic acids is 3. The maximum atomic E-state index is 12.2. The first-order valence-corrected chi connectivity index (χ1v) is 17.5. The third-order valence-corrected chi connectivity index (χ3v) is 8.82. The summed E-state index contributed by atoms with van der Waals surface area (Å²) in [4.78, 5) is 35.9. The fourth-order valence-electron chi connectivity index (χ4n) is 5.44. The minimum absolute atomic E-state index is 0.0898. The Labute approximate surface area is 246 Å². The number of carbonyl (C=O) groups is 3. The predicted molar refractivity (Wildman–Crippen MR) is 166 cm³/mol. The van der Waals surface area contributed by atoms with Crippen LogP contribution in [0.15, 0.2) is 0 Å². The fourth-order valence-corrected chi connectivity index (χ4v) is 6.05. The summed E-state index contributed by atoms with van der Waals surface area (Å²) in [7, 11) is 0. The van der Waals surface area contributed by atoms with Crippen molar-refractivity contribution in [3.63, 3.8) is 0 Å². The third kappa shape index (κ3) is 16.0. The van der Waals surface area contributed by atoms with Gasteiger partial charge in [-0.05, 0) is 76.3 Å². The van der Waals surface area contributed by atoms with Crippen LogP contribution in [0.1, 0.15) is 97.8 Å². The van der Waals surface area contributed by atoms with E-state index in [9.17, 15) is 14.4 Å². The lowest BCUT2D eigenvalue weighted by Crippen LogP contribution is -2.44. The molecular weight excluding hydrogens is 532 g/mol. The van der Waals surface area contributed by atoms with Crippen molar-refractivity contribution in [3.8, 4) is 0 Å². The topological polar surface area (TPSA) is 123 Å². The van der Waals surface area contributed by atoms with E-state index in [0.717, 1.165) is 56.6 Å². The minimum Gasteiger partial charge on any atom is -0.444 e. The van der Waals surface area contributed by atoms with E-state index < -0.39 is 11.7 Å². The van der Waals surface area contributed by atoms with Crippen molar-refractivity contribution >= 4 is 41.4 Å².